The van der Waals surface area contributed by atoms with Crippen LogP contribution in [0.5, 0.6) is 0 Å². The summed E-state index contributed by atoms with van der Waals surface area (Å²) >= 11 is 0. The number of ether oxygens (including phenoxy) is 1. The van der Waals surface area contributed by atoms with Crippen LogP contribution in [0, 0.1) is 0 Å². The summed E-state index contributed by atoms with van der Waals surface area (Å²) in [5.41, 5.74) is 6.36. The smallest absolute Gasteiger partial charge is 0.240 e. The van der Waals surface area contributed by atoms with Gasteiger partial charge < -0.3 is 15.8 Å². The third-order valence-corrected chi connectivity index (χ3v) is 3.14. The Bertz CT molecular complexity index is 514. The standard InChI is InChI=1S/C11H17N3O3S/c1-2-7-17-8-6-14-9-4-3-5-10(11(9)12)18(13,15)16/h2-5,14H,1,6-8,12H2,(H2,13,15,16). The van der Waals surface area contributed by atoms with E-state index < -0.39 is 10.0 Å². The number of hydrogen-bond acceptors (Lipinski definition) is 5. The molecule has 0 atom stereocenters. The van der Waals surface area contributed by atoms with E-state index >= 15 is 0 Å². The molecule has 1 rings (SSSR count). The molecule has 100 valence electrons. The number of nitrogens with two attached hydrogens (primary N) is 2. The number of primary sulfonamides is 1. The zero-order valence-electron chi connectivity index (χ0n) is 9.93. The van der Waals surface area contributed by atoms with Crippen LogP contribution in [0.25, 0.3) is 0 Å². The molecule has 0 bridgehead atoms. The Morgan fingerprint density at radius 2 is 2.17 bits per heavy atom. The summed E-state index contributed by atoms with van der Waals surface area (Å²) in [6.45, 7) is 4.96. The van der Waals surface area contributed by atoms with Gasteiger partial charge in [0.15, 0.2) is 0 Å². The molecule has 0 aliphatic heterocycles. The van der Waals surface area contributed by atoms with Crippen molar-refractivity contribution in [1.29, 1.82) is 0 Å². The van der Waals surface area contributed by atoms with Crippen LogP contribution in [0.3, 0.4) is 0 Å². The first kappa shape index (κ1) is 14.5. The second kappa shape index (κ2) is 6.39. The predicted molar refractivity (Wildman–Crippen MR) is 71.7 cm³/mol. The normalized spacial score (nSPS) is 11.2. The fraction of sp³-hybridized carbons (Fsp3) is 0.273. The van der Waals surface area contributed by atoms with E-state index in [-0.39, 0.29) is 10.6 Å². The molecule has 0 saturated heterocycles. The lowest BCUT2D eigenvalue weighted by Gasteiger charge is -2.11. The molecular formula is C11H17N3O3S. The van der Waals surface area contributed by atoms with E-state index in [9.17, 15) is 8.42 Å². The van der Waals surface area contributed by atoms with Gasteiger partial charge in [-0.25, -0.2) is 13.6 Å². The van der Waals surface area contributed by atoms with Gasteiger partial charge in [-0.3, -0.25) is 0 Å². The van der Waals surface area contributed by atoms with Crippen molar-refractivity contribution in [2.75, 3.05) is 30.8 Å². The molecule has 1 aromatic rings. The average Bonchev–Trinajstić information content (AvgIpc) is 2.29. The maximum atomic E-state index is 11.3. The van der Waals surface area contributed by atoms with Crippen LogP contribution in [0.1, 0.15) is 0 Å². The zero-order chi connectivity index (χ0) is 13.6. The number of para-hydroxylation sites is 1. The highest BCUT2D eigenvalue weighted by molar-refractivity contribution is 7.89. The first-order valence-electron chi connectivity index (χ1n) is 5.30. The van der Waals surface area contributed by atoms with E-state index in [0.717, 1.165) is 0 Å². The predicted octanol–water partition coefficient (Wildman–Crippen LogP) is 0.531. The third-order valence-electron chi connectivity index (χ3n) is 2.17. The second-order valence-electron chi connectivity index (χ2n) is 3.55. The van der Waals surface area contributed by atoms with Gasteiger partial charge in [0.2, 0.25) is 10.0 Å². The van der Waals surface area contributed by atoms with Crippen molar-refractivity contribution in [2.45, 2.75) is 4.90 Å². The van der Waals surface area contributed by atoms with Crippen LogP contribution in [0.2, 0.25) is 0 Å². The van der Waals surface area contributed by atoms with Crippen LogP contribution >= 0.6 is 0 Å². The molecule has 1 aromatic carbocycles. The number of sulfonamides is 1. The molecule has 0 amide bonds. The quantitative estimate of drug-likeness (QED) is 0.381. The highest BCUT2D eigenvalue weighted by atomic mass is 32.2. The van der Waals surface area contributed by atoms with Gasteiger partial charge >= 0.3 is 0 Å². The fourth-order valence-electron chi connectivity index (χ4n) is 1.37. The lowest BCUT2D eigenvalue weighted by molar-refractivity contribution is 0.173. The molecule has 7 heteroatoms. The molecule has 0 fully saturated rings. The summed E-state index contributed by atoms with van der Waals surface area (Å²) in [5.74, 6) is 0. The summed E-state index contributed by atoms with van der Waals surface area (Å²) < 4.78 is 27.7. The monoisotopic (exact) mass is 271 g/mol. The van der Waals surface area contributed by atoms with Gasteiger partial charge in [0.05, 0.1) is 24.6 Å². The van der Waals surface area contributed by atoms with Crippen LogP contribution in [0.4, 0.5) is 11.4 Å². The van der Waals surface area contributed by atoms with Crippen molar-refractivity contribution in [1.82, 2.24) is 0 Å². The van der Waals surface area contributed by atoms with E-state index in [1.165, 1.54) is 6.07 Å². The van der Waals surface area contributed by atoms with E-state index in [2.05, 4.69) is 11.9 Å². The lowest BCUT2D eigenvalue weighted by Crippen LogP contribution is -2.16. The number of hydrogen-bond donors (Lipinski definition) is 3. The van der Waals surface area contributed by atoms with E-state index in [1.807, 2.05) is 0 Å². The Kier molecular flexibility index (Phi) is 5.14. The SMILES string of the molecule is C=CCOCCNc1cccc(S(N)(=O)=O)c1N. The van der Waals surface area contributed by atoms with Crippen molar-refractivity contribution in [3.05, 3.63) is 30.9 Å². The molecule has 18 heavy (non-hydrogen) atoms. The maximum absolute atomic E-state index is 11.3. The molecule has 0 heterocycles. The van der Waals surface area contributed by atoms with Crippen LogP contribution in [0.15, 0.2) is 35.7 Å². The highest BCUT2D eigenvalue weighted by Gasteiger charge is 2.14. The molecule has 5 N–H and O–H groups in total. The number of nitrogen functional groups attached to an aromatic ring is 1. The van der Waals surface area contributed by atoms with Gasteiger partial charge in [-0.05, 0) is 12.1 Å². The minimum atomic E-state index is -3.80. The van der Waals surface area contributed by atoms with Crippen molar-refractivity contribution in [3.8, 4) is 0 Å². The Labute approximate surface area is 107 Å². The van der Waals surface area contributed by atoms with Gasteiger partial charge in [-0.1, -0.05) is 12.1 Å². The molecule has 0 aromatic heterocycles. The van der Waals surface area contributed by atoms with Crippen LogP contribution in [-0.2, 0) is 14.8 Å². The van der Waals surface area contributed by atoms with E-state index in [4.69, 9.17) is 15.6 Å². The second-order valence-corrected chi connectivity index (χ2v) is 5.08. The topological polar surface area (TPSA) is 107 Å². The fourth-order valence-corrected chi connectivity index (χ4v) is 2.06. The molecule has 0 unspecified atom stereocenters. The first-order chi connectivity index (χ1) is 8.46. The summed E-state index contributed by atoms with van der Waals surface area (Å²) in [6.07, 6.45) is 1.65. The molecule has 0 radical (unpaired) electrons. The van der Waals surface area contributed by atoms with Crippen molar-refractivity contribution < 1.29 is 13.2 Å². The van der Waals surface area contributed by atoms with Crippen molar-refractivity contribution >= 4 is 21.4 Å². The minimum absolute atomic E-state index is 0.0838. The molecule has 0 saturated carbocycles. The molecule has 6 nitrogen and oxygen atoms in total. The molecule has 0 spiro atoms. The summed E-state index contributed by atoms with van der Waals surface area (Å²) in [7, 11) is -3.80. The van der Waals surface area contributed by atoms with Crippen molar-refractivity contribution in [2.24, 2.45) is 5.14 Å². The van der Waals surface area contributed by atoms with Gasteiger partial charge in [-0.2, -0.15) is 0 Å². The number of anilines is 2. The highest BCUT2D eigenvalue weighted by Crippen LogP contribution is 2.25. The summed E-state index contributed by atoms with van der Waals surface area (Å²) in [5, 5.41) is 8.03. The minimum Gasteiger partial charge on any atom is -0.396 e. The average molecular weight is 271 g/mol. The molecular weight excluding hydrogens is 254 g/mol. The maximum Gasteiger partial charge on any atom is 0.240 e. The van der Waals surface area contributed by atoms with E-state index in [0.29, 0.717) is 25.4 Å². The van der Waals surface area contributed by atoms with Gasteiger partial charge in [0.25, 0.3) is 0 Å². The number of rotatable bonds is 7. The Morgan fingerprint density at radius 3 is 2.78 bits per heavy atom. The lowest BCUT2D eigenvalue weighted by atomic mass is 10.2. The Hall–Kier alpha value is -1.57. The Balaban J connectivity index is 2.70. The molecule has 0 aliphatic carbocycles. The van der Waals surface area contributed by atoms with Gasteiger partial charge in [0, 0.05) is 6.54 Å². The van der Waals surface area contributed by atoms with Crippen molar-refractivity contribution in [3.63, 3.8) is 0 Å². The van der Waals surface area contributed by atoms with Crippen LogP contribution < -0.4 is 16.2 Å². The molecule has 0 aliphatic rings. The van der Waals surface area contributed by atoms with Crippen LogP contribution in [-0.4, -0.2) is 28.2 Å². The van der Waals surface area contributed by atoms with Gasteiger partial charge in [0.1, 0.15) is 4.90 Å². The number of benzene rings is 1. The zero-order valence-corrected chi connectivity index (χ0v) is 10.7. The van der Waals surface area contributed by atoms with Gasteiger partial charge in [-0.15, -0.1) is 6.58 Å². The Morgan fingerprint density at radius 1 is 1.44 bits per heavy atom. The first-order valence-corrected chi connectivity index (χ1v) is 6.85. The summed E-state index contributed by atoms with van der Waals surface area (Å²) in [6, 6.07) is 4.62. The largest absolute Gasteiger partial charge is 0.396 e. The third kappa shape index (κ3) is 4.02. The van der Waals surface area contributed by atoms with E-state index in [1.54, 1.807) is 18.2 Å². The summed E-state index contributed by atoms with van der Waals surface area (Å²) in [4.78, 5) is -0.0838. The number of nitrogens with one attached hydrogen (secondary N) is 1.